The molecule has 0 amide bonds. The van der Waals surface area contributed by atoms with Crippen molar-refractivity contribution in [3.63, 3.8) is 0 Å². The van der Waals surface area contributed by atoms with Crippen molar-refractivity contribution in [1.82, 2.24) is 0 Å². The zero-order valence-electron chi connectivity index (χ0n) is 29.7. The predicted molar refractivity (Wildman–Crippen MR) is 225 cm³/mol. The van der Waals surface area contributed by atoms with Gasteiger partial charge in [-0.05, 0) is 0 Å². The molecule has 2 nitrogen and oxygen atoms in total. The molecular formula is C47H38GeNOPS. The van der Waals surface area contributed by atoms with Crippen molar-refractivity contribution >= 4 is 72.9 Å². The molecule has 0 aromatic heterocycles. The van der Waals surface area contributed by atoms with E-state index >= 15 is 0 Å². The monoisotopic (exact) mass is 769 g/mol. The van der Waals surface area contributed by atoms with Gasteiger partial charge in [0.2, 0.25) is 0 Å². The Morgan fingerprint density at radius 3 is 1.71 bits per heavy atom. The summed E-state index contributed by atoms with van der Waals surface area (Å²) in [5.74, 6) is 6.93. The van der Waals surface area contributed by atoms with Crippen molar-refractivity contribution in [2.45, 2.75) is 30.8 Å². The number of benzene rings is 7. The van der Waals surface area contributed by atoms with E-state index in [0.29, 0.717) is 0 Å². The van der Waals surface area contributed by atoms with E-state index in [-0.39, 0.29) is 0 Å². The molecule has 3 aliphatic rings. The Hall–Kier alpha value is -4.67. The Morgan fingerprint density at radius 2 is 1.08 bits per heavy atom. The number of hydrogen-bond donors (Lipinski definition) is 0. The normalized spacial score (nSPS) is 18.2. The summed E-state index contributed by atoms with van der Waals surface area (Å²) in [6, 6.07) is 56.3. The quantitative estimate of drug-likeness (QED) is 0.129. The molecule has 3 heterocycles. The van der Waals surface area contributed by atoms with Crippen LogP contribution in [0.25, 0.3) is 0 Å². The molecule has 10 rings (SSSR count). The Balaban J connectivity index is 1.28. The topological polar surface area (TPSA) is 12.5 Å². The van der Waals surface area contributed by atoms with Gasteiger partial charge in [-0.1, -0.05) is 0 Å². The van der Waals surface area contributed by atoms with E-state index in [1.54, 1.807) is 0 Å². The molecule has 0 aliphatic carbocycles. The fourth-order valence-electron chi connectivity index (χ4n) is 9.32. The Morgan fingerprint density at radius 1 is 0.538 bits per heavy atom. The minimum atomic E-state index is -2.84. The van der Waals surface area contributed by atoms with Gasteiger partial charge in [0.05, 0.1) is 0 Å². The van der Waals surface area contributed by atoms with Gasteiger partial charge in [-0.25, -0.2) is 0 Å². The van der Waals surface area contributed by atoms with E-state index in [1.807, 2.05) is 0 Å². The first-order valence-electron chi connectivity index (χ1n) is 18.0. The maximum absolute atomic E-state index is 6.96. The summed E-state index contributed by atoms with van der Waals surface area (Å²) < 4.78 is 9.67. The Kier molecular flexibility index (Phi) is 7.03. The molecule has 1 spiro atoms. The van der Waals surface area contributed by atoms with Gasteiger partial charge < -0.3 is 0 Å². The van der Waals surface area contributed by atoms with Gasteiger partial charge >= 0.3 is 316 Å². The second kappa shape index (κ2) is 11.4. The van der Waals surface area contributed by atoms with E-state index < -0.39 is 24.7 Å². The summed E-state index contributed by atoms with van der Waals surface area (Å²) in [6.07, 6.45) is 0. The van der Waals surface area contributed by atoms with Crippen molar-refractivity contribution in [3.8, 4) is 11.5 Å². The van der Waals surface area contributed by atoms with E-state index in [9.17, 15) is 0 Å². The van der Waals surface area contributed by atoms with Crippen LogP contribution in [0, 0.1) is 13.8 Å². The standard InChI is InChI=1S/C47H38GeNOPS/c1-31-22-25-41-37(28-31)47(35-16-8-11-19-43(35)50-44-20-12-9-17-36(44)47)38-29-32(2)23-26-42(38)49(41)33-24-27-46-40(30-33)48(3,4)39-18-10-13-21-45(39)51(46,52)34-14-6-5-7-15-34/h5-30H,1-4H3. The Bertz CT molecular complexity index is 2560. The summed E-state index contributed by atoms with van der Waals surface area (Å²) in [7, 11) is 0. The molecule has 7 aromatic carbocycles. The summed E-state index contributed by atoms with van der Waals surface area (Å²) in [6.45, 7) is 4.42. The number of fused-ring (bicyclic) bond motifs is 10. The van der Waals surface area contributed by atoms with Crippen LogP contribution < -0.4 is 34.3 Å². The second-order valence-corrected chi connectivity index (χ2v) is 28.4. The molecular weight excluding hydrogens is 730 g/mol. The number of ether oxygens (including phenoxy) is 1. The van der Waals surface area contributed by atoms with Crippen LogP contribution in [0.5, 0.6) is 11.5 Å². The first-order chi connectivity index (χ1) is 25.2. The molecule has 0 N–H and O–H groups in total. The van der Waals surface area contributed by atoms with Gasteiger partial charge in [0.15, 0.2) is 0 Å². The van der Waals surface area contributed by atoms with Gasteiger partial charge in [0.25, 0.3) is 0 Å². The SMILES string of the molecule is Cc1ccc2c(c1)C1(c3ccccc3Oc3ccccc31)c1cc(C)ccc1N2c1ccc2[c](c1)[Ge]([CH3])([CH3])[c]1ccccc1P2(=S)c1ccccc1. The van der Waals surface area contributed by atoms with E-state index in [1.165, 1.54) is 75.1 Å². The number of rotatable bonds is 2. The van der Waals surface area contributed by atoms with Crippen molar-refractivity contribution in [3.05, 3.63) is 191 Å². The van der Waals surface area contributed by atoms with Crippen LogP contribution in [0.15, 0.2) is 158 Å². The van der Waals surface area contributed by atoms with Crippen molar-refractivity contribution in [2.24, 2.45) is 0 Å². The molecule has 3 aliphatic heterocycles. The molecule has 0 saturated heterocycles. The molecule has 0 radical (unpaired) electrons. The summed E-state index contributed by atoms with van der Waals surface area (Å²) >= 11 is 4.12. The molecule has 7 aromatic rings. The average Bonchev–Trinajstić information content (AvgIpc) is 3.17. The van der Waals surface area contributed by atoms with Crippen LogP contribution in [0.3, 0.4) is 0 Å². The third kappa shape index (κ3) is 4.22. The number of aryl methyl sites for hydroxylation is 2. The van der Waals surface area contributed by atoms with Crippen LogP contribution in [-0.2, 0) is 17.2 Å². The van der Waals surface area contributed by atoms with Gasteiger partial charge in [0, 0.05) is 0 Å². The van der Waals surface area contributed by atoms with Gasteiger partial charge in [0.1, 0.15) is 0 Å². The van der Waals surface area contributed by atoms with Crippen LogP contribution in [0.4, 0.5) is 17.1 Å². The molecule has 0 fully saturated rings. The van der Waals surface area contributed by atoms with Crippen LogP contribution in [-0.4, -0.2) is 13.3 Å². The fraction of sp³-hybridized carbons (Fsp3) is 0.106. The van der Waals surface area contributed by atoms with Crippen LogP contribution >= 0.6 is 6.04 Å². The van der Waals surface area contributed by atoms with E-state index in [2.05, 4.69) is 188 Å². The molecule has 252 valence electrons. The zero-order valence-corrected chi connectivity index (χ0v) is 33.5. The van der Waals surface area contributed by atoms with Crippen molar-refractivity contribution in [1.29, 1.82) is 0 Å². The number of hydrogen-bond acceptors (Lipinski definition) is 3. The predicted octanol–water partition coefficient (Wildman–Crippen LogP) is 9.47. The third-order valence-corrected chi connectivity index (χ3v) is 25.0. The first kappa shape index (κ1) is 32.0. The number of nitrogens with zero attached hydrogens (tertiary/aromatic N) is 1. The zero-order chi connectivity index (χ0) is 35.4. The van der Waals surface area contributed by atoms with Crippen LogP contribution in [0.2, 0.25) is 11.5 Å². The molecule has 52 heavy (non-hydrogen) atoms. The third-order valence-electron chi connectivity index (χ3n) is 11.7. The molecule has 1 unspecified atom stereocenters. The van der Waals surface area contributed by atoms with Crippen LogP contribution in [0.1, 0.15) is 33.4 Å². The first-order valence-corrected chi connectivity index (χ1v) is 27.1. The molecule has 5 heteroatoms. The van der Waals surface area contributed by atoms with Crippen molar-refractivity contribution < 1.29 is 4.74 Å². The van der Waals surface area contributed by atoms with E-state index in [4.69, 9.17) is 16.5 Å². The van der Waals surface area contributed by atoms with Gasteiger partial charge in [-0.3, -0.25) is 0 Å². The molecule has 1 atom stereocenters. The summed E-state index contributed by atoms with van der Waals surface area (Å²) in [5.41, 5.74) is 10.4. The van der Waals surface area contributed by atoms with Gasteiger partial charge in [-0.2, -0.15) is 0 Å². The molecule has 0 saturated carbocycles. The van der Waals surface area contributed by atoms with E-state index in [0.717, 1.165) is 11.5 Å². The second-order valence-electron chi connectivity index (χ2n) is 15.0. The summed E-state index contributed by atoms with van der Waals surface area (Å²) in [5, 5.41) is 4.03. The average molecular weight is 768 g/mol. The maximum atomic E-state index is 6.96. The van der Waals surface area contributed by atoms with Gasteiger partial charge in [-0.15, -0.1) is 0 Å². The van der Waals surface area contributed by atoms with Crippen molar-refractivity contribution in [2.75, 3.05) is 4.90 Å². The number of anilines is 3. The Labute approximate surface area is 314 Å². The molecule has 0 bridgehead atoms. The number of para-hydroxylation sites is 2. The minimum absolute atomic E-state index is 0.566. The fourth-order valence-corrected chi connectivity index (χ4v) is 25.3. The summed E-state index contributed by atoms with van der Waals surface area (Å²) in [4.78, 5) is 2.53.